The zero-order valence-electron chi connectivity index (χ0n) is 6.93. The molecule has 0 atom stereocenters. The Labute approximate surface area is 84.5 Å². The van der Waals surface area contributed by atoms with Gasteiger partial charge in [0.2, 0.25) is 0 Å². The molecule has 1 rings (SSSR count). The van der Waals surface area contributed by atoms with E-state index in [1.807, 2.05) is 12.1 Å². The lowest BCUT2D eigenvalue weighted by Gasteiger charge is -2.05. The predicted molar refractivity (Wildman–Crippen MR) is 52.7 cm³/mol. The van der Waals surface area contributed by atoms with Crippen molar-refractivity contribution in [2.75, 3.05) is 5.73 Å². The van der Waals surface area contributed by atoms with Gasteiger partial charge >= 0.3 is 0 Å². The van der Waals surface area contributed by atoms with Gasteiger partial charge in [-0.1, -0.05) is 15.9 Å². The first-order chi connectivity index (χ1) is 6.11. The number of rotatable bonds is 0. The Bertz CT molecular complexity index is 438. The van der Waals surface area contributed by atoms with Gasteiger partial charge in [-0.15, -0.1) is 0 Å². The van der Waals surface area contributed by atoms with Crippen molar-refractivity contribution < 1.29 is 0 Å². The van der Waals surface area contributed by atoms with Crippen molar-refractivity contribution in [1.29, 1.82) is 10.5 Å². The Morgan fingerprint density at radius 3 is 2.46 bits per heavy atom. The largest absolute Gasteiger partial charge is 0.397 e. The molecule has 3 nitrogen and oxygen atoms in total. The molecule has 0 saturated heterocycles. The van der Waals surface area contributed by atoms with E-state index in [0.717, 1.165) is 10.0 Å². The van der Waals surface area contributed by atoms with Gasteiger partial charge in [0, 0.05) is 4.47 Å². The van der Waals surface area contributed by atoms with Crippen LogP contribution in [0.1, 0.15) is 16.7 Å². The second-order valence-corrected chi connectivity index (χ2v) is 3.40. The van der Waals surface area contributed by atoms with E-state index in [4.69, 9.17) is 16.3 Å². The Kier molecular flexibility index (Phi) is 2.55. The maximum Gasteiger partial charge on any atom is 0.102 e. The molecule has 0 bridgehead atoms. The number of anilines is 1. The number of halogens is 1. The zero-order chi connectivity index (χ0) is 10.0. The van der Waals surface area contributed by atoms with E-state index >= 15 is 0 Å². The third-order valence-electron chi connectivity index (χ3n) is 1.80. The van der Waals surface area contributed by atoms with Crippen LogP contribution in [-0.4, -0.2) is 0 Å². The smallest absolute Gasteiger partial charge is 0.102 e. The first-order valence-corrected chi connectivity index (χ1v) is 4.30. The third-order valence-corrected chi connectivity index (χ3v) is 2.62. The molecule has 0 aromatic heterocycles. The molecule has 2 N–H and O–H groups in total. The van der Waals surface area contributed by atoms with Crippen molar-refractivity contribution in [2.24, 2.45) is 0 Å². The quantitative estimate of drug-likeness (QED) is 0.700. The first kappa shape index (κ1) is 9.57. The Morgan fingerprint density at radius 2 is 2.00 bits per heavy atom. The normalized spacial score (nSPS) is 8.92. The molecule has 64 valence electrons. The summed E-state index contributed by atoms with van der Waals surface area (Å²) < 4.78 is 0.731. The summed E-state index contributed by atoms with van der Waals surface area (Å²) in [5.41, 5.74) is 7.32. The van der Waals surface area contributed by atoms with Gasteiger partial charge in [0.1, 0.15) is 12.1 Å². The summed E-state index contributed by atoms with van der Waals surface area (Å²) in [5.74, 6) is 0. The van der Waals surface area contributed by atoms with Crippen LogP contribution >= 0.6 is 15.9 Å². The lowest BCUT2D eigenvalue weighted by atomic mass is 10.0. The summed E-state index contributed by atoms with van der Waals surface area (Å²) in [7, 11) is 0. The van der Waals surface area contributed by atoms with E-state index in [1.54, 1.807) is 13.0 Å². The third kappa shape index (κ3) is 1.49. The van der Waals surface area contributed by atoms with Gasteiger partial charge < -0.3 is 5.73 Å². The molecule has 0 fully saturated rings. The molecular formula is C9H6BrN3. The van der Waals surface area contributed by atoms with Gasteiger partial charge in [0.15, 0.2) is 0 Å². The van der Waals surface area contributed by atoms with Crippen LogP contribution < -0.4 is 5.73 Å². The van der Waals surface area contributed by atoms with Gasteiger partial charge in [0.25, 0.3) is 0 Å². The van der Waals surface area contributed by atoms with E-state index in [2.05, 4.69) is 15.9 Å². The minimum atomic E-state index is 0.255. The number of hydrogen-bond acceptors (Lipinski definition) is 3. The highest BCUT2D eigenvalue weighted by atomic mass is 79.9. The zero-order valence-corrected chi connectivity index (χ0v) is 8.51. The van der Waals surface area contributed by atoms with Crippen LogP contribution in [0.15, 0.2) is 10.5 Å². The van der Waals surface area contributed by atoms with Crippen LogP contribution in [0.25, 0.3) is 0 Å². The highest BCUT2D eigenvalue weighted by molar-refractivity contribution is 9.10. The van der Waals surface area contributed by atoms with Gasteiger partial charge in [-0.2, -0.15) is 10.5 Å². The van der Waals surface area contributed by atoms with Crippen molar-refractivity contribution >= 4 is 21.6 Å². The number of benzene rings is 1. The lowest BCUT2D eigenvalue weighted by Crippen LogP contribution is -1.98. The van der Waals surface area contributed by atoms with E-state index in [1.165, 1.54) is 0 Å². The van der Waals surface area contributed by atoms with Crippen molar-refractivity contribution in [3.05, 3.63) is 27.2 Å². The summed E-state index contributed by atoms with van der Waals surface area (Å²) >= 11 is 3.25. The van der Waals surface area contributed by atoms with Crippen molar-refractivity contribution in [2.45, 2.75) is 6.92 Å². The van der Waals surface area contributed by atoms with E-state index in [9.17, 15) is 0 Å². The first-order valence-electron chi connectivity index (χ1n) is 3.50. The fourth-order valence-corrected chi connectivity index (χ4v) is 1.43. The highest BCUT2D eigenvalue weighted by Crippen LogP contribution is 2.27. The standard InChI is InChI=1S/C9H6BrN3/c1-5-7(4-12)9(13)6(3-11)2-8(5)10/h2H,13H2,1H3. The van der Waals surface area contributed by atoms with Gasteiger partial charge in [-0.25, -0.2) is 0 Å². The molecule has 0 amide bonds. The van der Waals surface area contributed by atoms with Gasteiger partial charge in [0.05, 0.1) is 16.8 Å². The fraction of sp³-hybridized carbons (Fsp3) is 0.111. The van der Waals surface area contributed by atoms with E-state index in [-0.39, 0.29) is 5.69 Å². The Morgan fingerprint density at radius 1 is 1.38 bits per heavy atom. The lowest BCUT2D eigenvalue weighted by molar-refractivity contribution is 1.35. The minimum Gasteiger partial charge on any atom is -0.397 e. The van der Waals surface area contributed by atoms with Crippen molar-refractivity contribution in [3.8, 4) is 12.1 Å². The van der Waals surface area contributed by atoms with Crippen LogP contribution in [-0.2, 0) is 0 Å². The molecule has 4 heteroatoms. The van der Waals surface area contributed by atoms with Crippen LogP contribution in [0.4, 0.5) is 5.69 Å². The summed E-state index contributed by atoms with van der Waals surface area (Å²) in [6, 6.07) is 5.52. The molecule has 0 unspecified atom stereocenters. The average Bonchev–Trinajstić information content (AvgIpc) is 2.12. The molecule has 0 radical (unpaired) electrons. The summed E-state index contributed by atoms with van der Waals surface area (Å²) in [6.45, 7) is 1.78. The highest BCUT2D eigenvalue weighted by Gasteiger charge is 2.10. The van der Waals surface area contributed by atoms with E-state index < -0.39 is 0 Å². The number of nitrogens with zero attached hydrogens (tertiary/aromatic N) is 2. The molecule has 1 aromatic carbocycles. The number of nitriles is 2. The maximum atomic E-state index is 8.78. The van der Waals surface area contributed by atoms with E-state index in [0.29, 0.717) is 11.1 Å². The molecule has 13 heavy (non-hydrogen) atoms. The molecule has 0 aliphatic carbocycles. The van der Waals surface area contributed by atoms with Gasteiger partial charge in [-0.3, -0.25) is 0 Å². The maximum absolute atomic E-state index is 8.78. The second-order valence-electron chi connectivity index (χ2n) is 2.54. The summed E-state index contributed by atoms with van der Waals surface area (Å²) in [5, 5.41) is 17.5. The molecule has 0 spiro atoms. The number of nitrogens with two attached hydrogens (primary N) is 1. The number of nitrogen functional groups attached to an aromatic ring is 1. The fourth-order valence-electron chi connectivity index (χ4n) is 1.01. The minimum absolute atomic E-state index is 0.255. The van der Waals surface area contributed by atoms with Crippen molar-refractivity contribution in [1.82, 2.24) is 0 Å². The van der Waals surface area contributed by atoms with Crippen molar-refractivity contribution in [3.63, 3.8) is 0 Å². The Balaban J connectivity index is 3.63. The molecule has 0 aliphatic rings. The van der Waals surface area contributed by atoms with Crippen LogP contribution in [0.3, 0.4) is 0 Å². The molecule has 0 heterocycles. The average molecular weight is 236 g/mol. The monoisotopic (exact) mass is 235 g/mol. The van der Waals surface area contributed by atoms with Crippen LogP contribution in [0.2, 0.25) is 0 Å². The topological polar surface area (TPSA) is 73.6 Å². The summed E-state index contributed by atoms with van der Waals surface area (Å²) in [4.78, 5) is 0. The molecule has 0 saturated carbocycles. The number of hydrogen-bond donors (Lipinski definition) is 1. The predicted octanol–water partition coefficient (Wildman–Crippen LogP) is 2.08. The SMILES string of the molecule is Cc1c(Br)cc(C#N)c(N)c1C#N. The molecule has 1 aromatic rings. The Hall–Kier alpha value is -1.52. The van der Waals surface area contributed by atoms with Crippen LogP contribution in [0, 0.1) is 29.6 Å². The molecular weight excluding hydrogens is 230 g/mol. The molecule has 0 aliphatic heterocycles. The second kappa shape index (κ2) is 3.47. The van der Waals surface area contributed by atoms with Gasteiger partial charge in [-0.05, 0) is 18.6 Å². The summed E-state index contributed by atoms with van der Waals surface area (Å²) in [6.07, 6.45) is 0. The van der Waals surface area contributed by atoms with Crippen LogP contribution in [0.5, 0.6) is 0 Å².